The molecule has 0 aliphatic heterocycles. The van der Waals surface area contributed by atoms with Gasteiger partial charge in [0.25, 0.3) is 5.91 Å². The number of hydrogen-bond donors (Lipinski definition) is 1. The lowest BCUT2D eigenvalue weighted by molar-refractivity contribution is 0.101. The molecule has 1 aliphatic carbocycles. The molecule has 0 unspecified atom stereocenters. The Bertz CT molecular complexity index is 1020. The molecule has 3 aromatic rings. The van der Waals surface area contributed by atoms with Crippen molar-refractivity contribution in [1.82, 2.24) is 4.98 Å². The molecule has 31 heavy (non-hydrogen) atoms. The first kappa shape index (κ1) is 20.7. The van der Waals surface area contributed by atoms with Gasteiger partial charge in [0, 0.05) is 29.7 Å². The Labute approximate surface area is 182 Å². The smallest absolute Gasteiger partial charge is 0.259 e. The van der Waals surface area contributed by atoms with Crippen molar-refractivity contribution < 1.29 is 19.0 Å². The van der Waals surface area contributed by atoms with Gasteiger partial charge in [-0.3, -0.25) is 9.78 Å². The number of carbonyl (C=O) groups excluding carboxylic acids is 1. The highest BCUT2D eigenvalue weighted by Gasteiger charge is 2.20. The quantitative estimate of drug-likeness (QED) is 0.542. The molecule has 6 nitrogen and oxygen atoms in total. The van der Waals surface area contributed by atoms with Crippen LogP contribution in [0.3, 0.4) is 0 Å². The monoisotopic (exact) mass is 418 g/mol. The Kier molecular flexibility index (Phi) is 6.67. The summed E-state index contributed by atoms with van der Waals surface area (Å²) in [5, 5.41) is 2.95. The normalized spacial score (nSPS) is 13.6. The highest BCUT2D eigenvalue weighted by Crippen LogP contribution is 2.32. The van der Waals surface area contributed by atoms with E-state index in [9.17, 15) is 4.79 Å². The zero-order chi connectivity index (χ0) is 21.5. The lowest BCUT2D eigenvalue weighted by atomic mass is 10.1. The summed E-state index contributed by atoms with van der Waals surface area (Å²) in [4.78, 5) is 17.1. The Balaban J connectivity index is 1.48. The number of ether oxygens (including phenoxy) is 3. The van der Waals surface area contributed by atoms with Gasteiger partial charge < -0.3 is 19.5 Å². The van der Waals surface area contributed by atoms with Gasteiger partial charge in [0.1, 0.15) is 12.4 Å². The van der Waals surface area contributed by atoms with Gasteiger partial charge in [-0.05, 0) is 56.0 Å². The number of benzene rings is 2. The fraction of sp³-hybridized carbons (Fsp3) is 0.280. The van der Waals surface area contributed by atoms with Crippen molar-refractivity contribution in [3.05, 3.63) is 78.1 Å². The summed E-state index contributed by atoms with van der Waals surface area (Å²) < 4.78 is 17.4. The maximum absolute atomic E-state index is 13.0. The van der Waals surface area contributed by atoms with Crippen LogP contribution in [0.4, 0.5) is 5.69 Å². The summed E-state index contributed by atoms with van der Waals surface area (Å²) in [5.41, 5.74) is 2.07. The second-order valence-corrected chi connectivity index (χ2v) is 7.49. The van der Waals surface area contributed by atoms with Crippen LogP contribution in [0.15, 0.2) is 67.0 Å². The lowest BCUT2D eigenvalue weighted by Crippen LogP contribution is -2.17. The van der Waals surface area contributed by atoms with Crippen molar-refractivity contribution >= 4 is 11.6 Å². The summed E-state index contributed by atoms with van der Waals surface area (Å²) in [7, 11) is 1.58. The van der Waals surface area contributed by atoms with Crippen LogP contribution in [0.1, 0.15) is 41.6 Å². The SMILES string of the molecule is COc1ccc(NC(=O)c2ccccc2OC2CCCC2)cc1OCc1cccnc1. The Morgan fingerprint density at radius 3 is 2.65 bits per heavy atom. The standard InChI is InChI=1S/C25H26N2O4/c1-29-23-13-12-19(15-24(23)30-17-18-7-6-14-26-16-18)27-25(28)21-10-4-5-11-22(21)31-20-8-2-3-9-20/h4-7,10-16,20H,2-3,8-9,17H2,1H3,(H,27,28). The molecule has 1 N–H and O–H groups in total. The average molecular weight is 418 g/mol. The first-order chi connectivity index (χ1) is 15.2. The van der Waals surface area contributed by atoms with Crippen LogP contribution in [-0.4, -0.2) is 24.1 Å². The van der Waals surface area contributed by atoms with E-state index in [0.29, 0.717) is 35.1 Å². The fourth-order valence-electron chi connectivity index (χ4n) is 3.65. The summed E-state index contributed by atoms with van der Waals surface area (Å²) >= 11 is 0. The number of anilines is 1. The minimum Gasteiger partial charge on any atom is -0.493 e. The number of nitrogens with zero attached hydrogens (tertiary/aromatic N) is 1. The number of rotatable bonds is 8. The molecule has 0 saturated heterocycles. The Morgan fingerprint density at radius 1 is 1.03 bits per heavy atom. The number of carbonyl (C=O) groups is 1. The van der Waals surface area contributed by atoms with Gasteiger partial charge in [0.05, 0.1) is 18.8 Å². The highest BCUT2D eigenvalue weighted by molar-refractivity contribution is 6.06. The molecular weight excluding hydrogens is 392 g/mol. The molecule has 0 bridgehead atoms. The zero-order valence-electron chi connectivity index (χ0n) is 17.5. The third kappa shape index (κ3) is 5.34. The molecule has 1 aromatic heterocycles. The number of amides is 1. The van der Waals surface area contributed by atoms with Gasteiger partial charge in [0.15, 0.2) is 11.5 Å². The first-order valence-corrected chi connectivity index (χ1v) is 10.5. The maximum Gasteiger partial charge on any atom is 0.259 e. The summed E-state index contributed by atoms with van der Waals surface area (Å²) in [6.45, 7) is 0.347. The van der Waals surface area contributed by atoms with Crippen molar-refractivity contribution in [3.8, 4) is 17.2 Å². The number of para-hydroxylation sites is 1. The largest absolute Gasteiger partial charge is 0.493 e. The third-order valence-corrected chi connectivity index (χ3v) is 5.27. The molecule has 1 fully saturated rings. The molecule has 0 atom stereocenters. The Morgan fingerprint density at radius 2 is 1.87 bits per heavy atom. The molecular formula is C25H26N2O4. The molecule has 160 valence electrons. The second kappa shape index (κ2) is 9.98. The van der Waals surface area contributed by atoms with Gasteiger partial charge in [0.2, 0.25) is 0 Å². The number of methoxy groups -OCH3 is 1. The molecule has 6 heteroatoms. The van der Waals surface area contributed by atoms with Crippen molar-refractivity contribution in [2.75, 3.05) is 12.4 Å². The van der Waals surface area contributed by atoms with Crippen LogP contribution in [0, 0.1) is 0 Å². The van der Waals surface area contributed by atoms with Gasteiger partial charge in [-0.15, -0.1) is 0 Å². The molecule has 1 saturated carbocycles. The van der Waals surface area contributed by atoms with Crippen LogP contribution < -0.4 is 19.5 Å². The van der Waals surface area contributed by atoms with E-state index in [0.717, 1.165) is 18.4 Å². The molecule has 4 rings (SSSR count). The summed E-state index contributed by atoms with van der Waals surface area (Å²) in [6.07, 6.45) is 8.06. The fourth-order valence-corrected chi connectivity index (χ4v) is 3.65. The molecule has 1 aliphatic rings. The number of nitrogens with one attached hydrogen (secondary N) is 1. The van der Waals surface area contributed by atoms with E-state index in [2.05, 4.69) is 10.3 Å². The van der Waals surface area contributed by atoms with Gasteiger partial charge in [-0.25, -0.2) is 0 Å². The molecule has 1 heterocycles. The predicted molar refractivity (Wildman–Crippen MR) is 119 cm³/mol. The lowest BCUT2D eigenvalue weighted by Gasteiger charge is -2.17. The third-order valence-electron chi connectivity index (χ3n) is 5.27. The van der Waals surface area contributed by atoms with E-state index < -0.39 is 0 Å². The van der Waals surface area contributed by atoms with Crippen molar-refractivity contribution in [2.45, 2.75) is 38.4 Å². The van der Waals surface area contributed by atoms with E-state index in [4.69, 9.17) is 14.2 Å². The average Bonchev–Trinajstić information content (AvgIpc) is 3.32. The van der Waals surface area contributed by atoms with E-state index in [1.54, 1.807) is 43.8 Å². The predicted octanol–water partition coefficient (Wildman–Crippen LogP) is 5.24. The van der Waals surface area contributed by atoms with Gasteiger partial charge in [-0.1, -0.05) is 18.2 Å². The van der Waals surface area contributed by atoms with E-state index in [-0.39, 0.29) is 12.0 Å². The number of aromatic nitrogens is 1. The molecule has 0 radical (unpaired) electrons. The minimum absolute atomic E-state index is 0.183. The van der Waals surface area contributed by atoms with Gasteiger partial charge in [-0.2, -0.15) is 0 Å². The van der Waals surface area contributed by atoms with Crippen molar-refractivity contribution in [3.63, 3.8) is 0 Å². The highest BCUT2D eigenvalue weighted by atomic mass is 16.5. The van der Waals surface area contributed by atoms with E-state index in [1.165, 1.54) is 12.8 Å². The van der Waals surface area contributed by atoms with Crippen LogP contribution in [0.2, 0.25) is 0 Å². The topological polar surface area (TPSA) is 69.7 Å². The van der Waals surface area contributed by atoms with E-state index in [1.807, 2.05) is 30.3 Å². The molecule has 2 aromatic carbocycles. The number of pyridine rings is 1. The molecule has 0 spiro atoms. The van der Waals surface area contributed by atoms with Crippen LogP contribution >= 0.6 is 0 Å². The minimum atomic E-state index is -0.225. The van der Waals surface area contributed by atoms with E-state index >= 15 is 0 Å². The van der Waals surface area contributed by atoms with Crippen molar-refractivity contribution in [1.29, 1.82) is 0 Å². The first-order valence-electron chi connectivity index (χ1n) is 10.5. The summed E-state index contributed by atoms with van der Waals surface area (Å²) in [5.74, 6) is 1.52. The van der Waals surface area contributed by atoms with Crippen LogP contribution in [0.25, 0.3) is 0 Å². The van der Waals surface area contributed by atoms with Crippen LogP contribution in [-0.2, 0) is 6.61 Å². The zero-order valence-corrected chi connectivity index (χ0v) is 17.5. The Hall–Kier alpha value is -3.54. The summed E-state index contributed by atoms with van der Waals surface area (Å²) in [6, 6.07) is 16.5. The van der Waals surface area contributed by atoms with Crippen molar-refractivity contribution in [2.24, 2.45) is 0 Å². The second-order valence-electron chi connectivity index (χ2n) is 7.49. The number of hydrogen-bond acceptors (Lipinski definition) is 5. The van der Waals surface area contributed by atoms with Gasteiger partial charge >= 0.3 is 0 Å². The maximum atomic E-state index is 13.0. The van der Waals surface area contributed by atoms with Crippen LogP contribution in [0.5, 0.6) is 17.2 Å². The molecule has 1 amide bonds.